The van der Waals surface area contributed by atoms with E-state index in [9.17, 15) is 9.59 Å². The van der Waals surface area contributed by atoms with Gasteiger partial charge in [-0.3, -0.25) is 9.59 Å². The van der Waals surface area contributed by atoms with E-state index in [1.54, 1.807) is 13.8 Å². The number of ether oxygens (including phenoxy) is 2. The van der Waals surface area contributed by atoms with E-state index in [-0.39, 0.29) is 5.92 Å². The zero-order valence-electron chi connectivity index (χ0n) is 14.6. The fourth-order valence-electron chi connectivity index (χ4n) is 6.04. The van der Waals surface area contributed by atoms with Gasteiger partial charge in [0.05, 0.1) is 13.2 Å². The summed E-state index contributed by atoms with van der Waals surface area (Å²) in [5.41, 5.74) is 0. The molecule has 23 heavy (non-hydrogen) atoms. The molecule has 0 N–H and O–H groups in total. The third-order valence-corrected chi connectivity index (χ3v) is 6.51. The molecule has 4 saturated carbocycles. The quantitative estimate of drug-likeness (QED) is 0.555. The molecule has 4 aliphatic rings. The molecule has 0 spiro atoms. The summed E-state index contributed by atoms with van der Waals surface area (Å²) in [6.45, 7) is 6.26. The van der Waals surface area contributed by atoms with E-state index in [0.717, 1.165) is 11.8 Å². The Bertz CT molecular complexity index is 412. The summed E-state index contributed by atoms with van der Waals surface area (Å²) in [5.74, 6) is 2.11. The lowest BCUT2D eigenvalue weighted by atomic mass is 9.49. The fraction of sp³-hybridized carbons (Fsp3) is 0.895. The molecule has 4 rings (SSSR count). The smallest absolute Gasteiger partial charge is 0.320 e. The average Bonchev–Trinajstić information content (AvgIpc) is 2.46. The van der Waals surface area contributed by atoms with Gasteiger partial charge >= 0.3 is 11.9 Å². The molecule has 0 aromatic rings. The van der Waals surface area contributed by atoms with Gasteiger partial charge in [0.15, 0.2) is 5.92 Å². The Balaban J connectivity index is 1.78. The van der Waals surface area contributed by atoms with Crippen molar-refractivity contribution >= 4 is 11.9 Å². The molecule has 0 radical (unpaired) electrons. The van der Waals surface area contributed by atoms with E-state index in [2.05, 4.69) is 6.92 Å². The van der Waals surface area contributed by atoms with Crippen molar-refractivity contribution in [2.24, 2.45) is 41.4 Å². The monoisotopic (exact) mass is 322 g/mol. The van der Waals surface area contributed by atoms with Gasteiger partial charge in [0.25, 0.3) is 0 Å². The number of carbonyl (C=O) groups is 2. The highest BCUT2D eigenvalue weighted by Gasteiger charge is 2.52. The Hall–Kier alpha value is -1.06. The lowest BCUT2D eigenvalue weighted by Gasteiger charge is -2.56. The van der Waals surface area contributed by atoms with Crippen LogP contribution < -0.4 is 0 Å². The summed E-state index contributed by atoms with van der Waals surface area (Å²) in [4.78, 5) is 24.8. The average molecular weight is 322 g/mol. The summed E-state index contributed by atoms with van der Waals surface area (Å²) >= 11 is 0. The highest BCUT2D eigenvalue weighted by molar-refractivity contribution is 5.95. The Kier molecular flexibility index (Phi) is 4.98. The first-order chi connectivity index (χ1) is 11.0. The predicted molar refractivity (Wildman–Crippen MR) is 86.5 cm³/mol. The van der Waals surface area contributed by atoms with Crippen LogP contribution in [0.5, 0.6) is 0 Å². The summed E-state index contributed by atoms with van der Waals surface area (Å²) in [6.07, 6.45) is 6.58. The van der Waals surface area contributed by atoms with Crippen molar-refractivity contribution in [3.05, 3.63) is 0 Å². The first-order valence-electron chi connectivity index (χ1n) is 9.38. The minimum Gasteiger partial charge on any atom is -0.465 e. The highest BCUT2D eigenvalue weighted by atomic mass is 16.6. The molecule has 1 atom stereocenters. The van der Waals surface area contributed by atoms with Crippen molar-refractivity contribution < 1.29 is 19.1 Å². The summed E-state index contributed by atoms with van der Waals surface area (Å²) in [7, 11) is 0. The van der Waals surface area contributed by atoms with Crippen LogP contribution >= 0.6 is 0 Å². The van der Waals surface area contributed by atoms with Gasteiger partial charge in [-0.2, -0.15) is 0 Å². The normalized spacial score (nSPS) is 36.1. The largest absolute Gasteiger partial charge is 0.465 e. The van der Waals surface area contributed by atoms with Crippen LogP contribution in [0.15, 0.2) is 0 Å². The Morgan fingerprint density at radius 3 is 1.70 bits per heavy atom. The standard InChI is InChI=1S/C19H30O4/c1-4-22-18(20)17(19(21)23-5-2)11(3)16-14-7-12-6-13(9-14)10-15(16)8-12/h11-17H,4-10H2,1-3H3/t11-,12?,13?,14?,15?,16?/m1/s1. The van der Waals surface area contributed by atoms with Crippen LogP contribution in [0.2, 0.25) is 0 Å². The summed E-state index contributed by atoms with van der Waals surface area (Å²) < 4.78 is 10.4. The van der Waals surface area contributed by atoms with Crippen LogP contribution in [-0.4, -0.2) is 25.2 Å². The van der Waals surface area contributed by atoms with Gasteiger partial charge < -0.3 is 9.47 Å². The number of hydrogen-bond acceptors (Lipinski definition) is 4. The number of carbonyl (C=O) groups excluding carboxylic acids is 2. The maximum atomic E-state index is 12.4. The Morgan fingerprint density at radius 1 is 0.870 bits per heavy atom. The van der Waals surface area contributed by atoms with Crippen LogP contribution in [-0.2, 0) is 19.1 Å². The molecule has 0 unspecified atom stereocenters. The number of rotatable bonds is 6. The molecule has 4 fully saturated rings. The zero-order chi connectivity index (χ0) is 16.6. The summed E-state index contributed by atoms with van der Waals surface area (Å²) in [5, 5.41) is 0. The van der Waals surface area contributed by atoms with Crippen LogP contribution in [0.3, 0.4) is 0 Å². The van der Waals surface area contributed by atoms with E-state index in [1.807, 2.05) is 0 Å². The van der Waals surface area contributed by atoms with E-state index in [0.29, 0.717) is 31.0 Å². The predicted octanol–water partition coefficient (Wildman–Crippen LogP) is 3.44. The summed E-state index contributed by atoms with van der Waals surface area (Å²) in [6, 6.07) is 0. The van der Waals surface area contributed by atoms with E-state index in [1.165, 1.54) is 32.1 Å². The van der Waals surface area contributed by atoms with Crippen molar-refractivity contribution in [3.8, 4) is 0 Å². The van der Waals surface area contributed by atoms with Crippen LogP contribution in [0, 0.1) is 41.4 Å². The minimum absolute atomic E-state index is 0.0168. The van der Waals surface area contributed by atoms with E-state index >= 15 is 0 Å². The molecule has 4 aliphatic carbocycles. The fourth-order valence-corrected chi connectivity index (χ4v) is 6.04. The molecular weight excluding hydrogens is 292 g/mol. The molecular formula is C19H30O4. The number of hydrogen-bond donors (Lipinski definition) is 0. The van der Waals surface area contributed by atoms with Crippen LogP contribution in [0.1, 0.15) is 52.9 Å². The second-order valence-corrected chi connectivity index (χ2v) is 7.85. The molecule has 0 aromatic heterocycles. The van der Waals surface area contributed by atoms with Crippen LogP contribution in [0.25, 0.3) is 0 Å². The maximum absolute atomic E-state index is 12.4. The van der Waals surface area contributed by atoms with Gasteiger partial charge in [-0.15, -0.1) is 0 Å². The van der Waals surface area contributed by atoms with Crippen molar-refractivity contribution in [1.82, 2.24) is 0 Å². The third kappa shape index (κ3) is 3.14. The zero-order valence-corrected chi connectivity index (χ0v) is 14.6. The Morgan fingerprint density at radius 2 is 1.30 bits per heavy atom. The van der Waals surface area contributed by atoms with E-state index in [4.69, 9.17) is 9.47 Å². The molecule has 0 amide bonds. The van der Waals surface area contributed by atoms with Crippen molar-refractivity contribution in [1.29, 1.82) is 0 Å². The van der Waals surface area contributed by atoms with Gasteiger partial charge in [0.2, 0.25) is 0 Å². The molecule has 4 bridgehead atoms. The molecule has 4 heteroatoms. The topological polar surface area (TPSA) is 52.6 Å². The SMILES string of the molecule is CCOC(=O)C(C(=O)OCC)[C@H](C)C1C2CC3CC(C2)CC1C3. The Labute approximate surface area is 139 Å². The van der Waals surface area contributed by atoms with Gasteiger partial charge in [0, 0.05) is 0 Å². The van der Waals surface area contributed by atoms with Gasteiger partial charge in [-0.1, -0.05) is 6.92 Å². The molecule has 0 aromatic carbocycles. The van der Waals surface area contributed by atoms with Crippen molar-refractivity contribution in [2.45, 2.75) is 52.9 Å². The van der Waals surface area contributed by atoms with Gasteiger partial charge in [-0.25, -0.2) is 0 Å². The molecule has 130 valence electrons. The lowest BCUT2D eigenvalue weighted by Crippen LogP contribution is -2.50. The molecule has 4 nitrogen and oxygen atoms in total. The minimum atomic E-state index is -0.752. The van der Waals surface area contributed by atoms with Crippen molar-refractivity contribution in [2.75, 3.05) is 13.2 Å². The molecule has 0 heterocycles. The second kappa shape index (κ2) is 6.82. The second-order valence-electron chi connectivity index (χ2n) is 7.85. The first kappa shape index (κ1) is 16.8. The maximum Gasteiger partial charge on any atom is 0.320 e. The van der Waals surface area contributed by atoms with Gasteiger partial charge in [0.1, 0.15) is 0 Å². The molecule has 0 saturated heterocycles. The number of esters is 2. The molecule has 0 aliphatic heterocycles. The first-order valence-corrected chi connectivity index (χ1v) is 9.38. The van der Waals surface area contributed by atoms with Crippen molar-refractivity contribution in [3.63, 3.8) is 0 Å². The lowest BCUT2D eigenvalue weighted by molar-refractivity contribution is -0.168. The third-order valence-electron chi connectivity index (χ3n) is 6.51. The van der Waals surface area contributed by atoms with Crippen LogP contribution in [0.4, 0.5) is 0 Å². The highest BCUT2D eigenvalue weighted by Crippen LogP contribution is 2.59. The van der Waals surface area contributed by atoms with Gasteiger partial charge in [-0.05, 0) is 81.5 Å². The van der Waals surface area contributed by atoms with E-state index < -0.39 is 17.9 Å².